The molecule has 12 rings (SSSR count). The summed E-state index contributed by atoms with van der Waals surface area (Å²) in [6.45, 7) is 4.51. The monoisotopic (exact) mass is 848 g/mol. The van der Waals surface area contributed by atoms with E-state index in [1.807, 2.05) is 11.3 Å². The molecule has 2 aromatic heterocycles. The molecule has 0 atom stereocenters. The Morgan fingerprint density at radius 3 is 1.60 bits per heavy atom. The van der Waals surface area contributed by atoms with E-state index in [0.717, 1.165) is 17.1 Å². The van der Waals surface area contributed by atoms with Crippen LogP contribution < -0.4 is 4.90 Å². The van der Waals surface area contributed by atoms with Gasteiger partial charge in [0.1, 0.15) is 0 Å². The van der Waals surface area contributed by atoms with Crippen molar-refractivity contribution >= 4 is 70.4 Å². The smallest absolute Gasteiger partial charge is 0.0555 e. The Hall–Kier alpha value is -7.98. The number of anilines is 3. The highest BCUT2D eigenvalue weighted by Gasteiger charge is 2.25. The number of nitrogens with zero attached hydrogens (tertiary/aromatic N) is 2. The Morgan fingerprint density at radius 1 is 0.385 bits per heavy atom. The van der Waals surface area contributed by atoms with Crippen LogP contribution in [0.1, 0.15) is 11.1 Å². The number of rotatable bonds is 8. The van der Waals surface area contributed by atoms with Crippen molar-refractivity contribution in [2.75, 3.05) is 4.90 Å². The summed E-state index contributed by atoms with van der Waals surface area (Å²) < 4.78 is 4.99. The number of fused-ring (bicyclic) bond motifs is 6. The molecule has 0 unspecified atom stereocenters. The number of hydrogen-bond acceptors (Lipinski definition) is 2. The van der Waals surface area contributed by atoms with Crippen LogP contribution in [-0.2, 0) is 0 Å². The zero-order valence-corrected chi connectivity index (χ0v) is 37.1. The molecule has 0 aliphatic carbocycles. The zero-order chi connectivity index (χ0) is 43.4. The van der Waals surface area contributed by atoms with E-state index >= 15 is 0 Å². The highest BCUT2D eigenvalue weighted by molar-refractivity contribution is 7.26. The Morgan fingerprint density at radius 2 is 0.923 bits per heavy atom. The van der Waals surface area contributed by atoms with Crippen LogP contribution >= 0.6 is 11.3 Å². The van der Waals surface area contributed by atoms with Crippen molar-refractivity contribution in [3.05, 3.63) is 242 Å². The lowest BCUT2D eigenvalue weighted by molar-refractivity contribution is 1.18. The molecule has 2 nitrogen and oxygen atoms in total. The average Bonchev–Trinajstić information content (AvgIpc) is 3.92. The van der Waals surface area contributed by atoms with Gasteiger partial charge in [0.15, 0.2) is 0 Å². The van der Waals surface area contributed by atoms with Crippen LogP contribution in [0.4, 0.5) is 17.1 Å². The van der Waals surface area contributed by atoms with Gasteiger partial charge in [-0.15, -0.1) is 11.3 Å². The first-order valence-corrected chi connectivity index (χ1v) is 23.2. The molecule has 3 heteroatoms. The van der Waals surface area contributed by atoms with E-state index in [1.165, 1.54) is 103 Å². The minimum atomic E-state index is 1.11. The lowest BCUT2D eigenvalue weighted by atomic mass is 9.89. The number of thiophene rings is 1. The first kappa shape index (κ1) is 38.7. The van der Waals surface area contributed by atoms with E-state index in [4.69, 9.17) is 0 Å². The molecule has 0 radical (unpaired) electrons. The molecule has 0 fully saturated rings. The van der Waals surface area contributed by atoms with Crippen molar-refractivity contribution in [1.82, 2.24) is 4.57 Å². The van der Waals surface area contributed by atoms with E-state index in [-0.39, 0.29) is 0 Å². The molecule has 308 valence electrons. The third-order valence-corrected chi connectivity index (χ3v) is 14.2. The molecule has 0 aliphatic rings. The Bertz CT molecular complexity index is 3680. The van der Waals surface area contributed by atoms with E-state index < -0.39 is 0 Å². The minimum absolute atomic E-state index is 1.11. The van der Waals surface area contributed by atoms with E-state index in [2.05, 4.69) is 254 Å². The fourth-order valence-electron chi connectivity index (χ4n) is 10.2. The molecule has 10 aromatic carbocycles. The molecule has 2 heterocycles. The minimum Gasteiger partial charge on any atom is -0.310 e. The number of benzene rings is 10. The Kier molecular flexibility index (Phi) is 9.51. The molecule has 12 aromatic rings. The largest absolute Gasteiger partial charge is 0.310 e. The molecule has 0 aliphatic heterocycles. The van der Waals surface area contributed by atoms with Gasteiger partial charge >= 0.3 is 0 Å². The third-order valence-electron chi connectivity index (χ3n) is 13.0. The van der Waals surface area contributed by atoms with E-state index in [1.54, 1.807) is 0 Å². The van der Waals surface area contributed by atoms with Crippen molar-refractivity contribution in [1.29, 1.82) is 0 Å². The quantitative estimate of drug-likeness (QED) is 0.148. The summed E-state index contributed by atoms with van der Waals surface area (Å²) >= 11 is 1.89. The second-order valence-electron chi connectivity index (χ2n) is 16.9. The predicted molar refractivity (Wildman–Crippen MR) is 280 cm³/mol. The summed E-state index contributed by atoms with van der Waals surface area (Å²) in [4.78, 5) is 2.51. The summed E-state index contributed by atoms with van der Waals surface area (Å²) in [7, 11) is 0. The van der Waals surface area contributed by atoms with Gasteiger partial charge in [0.25, 0.3) is 0 Å². The van der Waals surface area contributed by atoms with Crippen LogP contribution in [0.3, 0.4) is 0 Å². The van der Waals surface area contributed by atoms with Crippen molar-refractivity contribution in [3.8, 4) is 50.2 Å². The van der Waals surface area contributed by atoms with Gasteiger partial charge in [0.05, 0.1) is 22.4 Å². The summed E-state index contributed by atoms with van der Waals surface area (Å²) in [6, 6.07) is 84.5. The Balaban J connectivity index is 1.14. The third kappa shape index (κ3) is 6.55. The number of aromatic nitrogens is 1. The van der Waals surface area contributed by atoms with Crippen molar-refractivity contribution in [2.45, 2.75) is 13.8 Å². The molecule has 0 saturated carbocycles. The summed E-state index contributed by atoms with van der Waals surface area (Å²) in [5, 5.41) is 5.01. The molecular weight excluding hydrogens is 805 g/mol. The second kappa shape index (κ2) is 16.0. The van der Waals surface area contributed by atoms with Crippen LogP contribution in [0.5, 0.6) is 0 Å². The molecule has 65 heavy (non-hydrogen) atoms. The lowest BCUT2D eigenvalue weighted by Gasteiger charge is -2.29. The summed E-state index contributed by atoms with van der Waals surface area (Å²) in [5.41, 5.74) is 19.1. The fraction of sp³-hybridized carbons (Fsp3) is 0.0323. The Labute approximate surface area is 383 Å². The highest BCUT2D eigenvalue weighted by Crippen LogP contribution is 2.51. The topological polar surface area (TPSA) is 8.17 Å². The molecular formula is C62H44N2S. The van der Waals surface area contributed by atoms with Crippen LogP contribution in [0.25, 0.3) is 92.2 Å². The normalized spacial score (nSPS) is 11.5. The zero-order valence-electron chi connectivity index (χ0n) is 36.2. The van der Waals surface area contributed by atoms with Gasteiger partial charge in [-0.3, -0.25) is 0 Å². The van der Waals surface area contributed by atoms with Gasteiger partial charge in [-0.1, -0.05) is 176 Å². The average molecular weight is 849 g/mol. The van der Waals surface area contributed by atoms with Gasteiger partial charge in [-0.25, -0.2) is 0 Å². The summed E-state index contributed by atoms with van der Waals surface area (Å²) in [6.07, 6.45) is 0. The molecule has 0 spiro atoms. The SMILES string of the molecule is Cc1cc(N(c2cc(C)c(-c3ccccc3)c(-c3ccccc3)c2)c2ccc(-c3ccccc3-n3c4ccccc4c4ccccc43)c3sc4ccccc4c23)ccc1-c1ccccc1. The molecule has 0 saturated heterocycles. The maximum absolute atomic E-state index is 2.51. The standard InChI is InChI=1S/C62H44N2S/c1-41-38-46(34-35-48(41)43-20-6-3-7-21-43)63(47-39-42(2)60(45-24-10-5-11-25-45)54(40-47)44-22-8-4-9-23-44)58-37-36-52(62-61(58)53-29-15-19-33-59(53)65-62)51-28-14-18-32-57(51)64-55-30-16-12-26-49(55)50-27-13-17-31-56(50)64/h3-40H,1-2H3. The maximum atomic E-state index is 2.51. The number of para-hydroxylation sites is 3. The van der Waals surface area contributed by atoms with Gasteiger partial charge in [-0.05, 0) is 113 Å². The van der Waals surface area contributed by atoms with E-state index in [9.17, 15) is 0 Å². The first-order valence-electron chi connectivity index (χ1n) is 22.3. The number of hydrogen-bond donors (Lipinski definition) is 0. The van der Waals surface area contributed by atoms with Crippen LogP contribution in [0.15, 0.2) is 231 Å². The maximum Gasteiger partial charge on any atom is 0.0555 e. The van der Waals surface area contributed by atoms with Gasteiger partial charge in [0, 0.05) is 53.4 Å². The van der Waals surface area contributed by atoms with Crippen molar-refractivity contribution < 1.29 is 0 Å². The van der Waals surface area contributed by atoms with Crippen LogP contribution in [0, 0.1) is 13.8 Å². The second-order valence-corrected chi connectivity index (χ2v) is 18.0. The van der Waals surface area contributed by atoms with Crippen LogP contribution in [0.2, 0.25) is 0 Å². The summed E-state index contributed by atoms with van der Waals surface area (Å²) in [5.74, 6) is 0. The van der Waals surface area contributed by atoms with Crippen molar-refractivity contribution in [3.63, 3.8) is 0 Å². The fourth-order valence-corrected chi connectivity index (χ4v) is 11.4. The van der Waals surface area contributed by atoms with Gasteiger partial charge in [0.2, 0.25) is 0 Å². The van der Waals surface area contributed by atoms with Crippen molar-refractivity contribution in [2.24, 2.45) is 0 Å². The van der Waals surface area contributed by atoms with Gasteiger partial charge in [-0.2, -0.15) is 0 Å². The first-order chi connectivity index (χ1) is 32.1. The van der Waals surface area contributed by atoms with Gasteiger partial charge < -0.3 is 9.47 Å². The molecule has 0 N–H and O–H groups in total. The molecule has 0 amide bonds. The van der Waals surface area contributed by atoms with Crippen LogP contribution in [-0.4, -0.2) is 4.57 Å². The highest BCUT2D eigenvalue weighted by atomic mass is 32.1. The van der Waals surface area contributed by atoms with E-state index in [0.29, 0.717) is 0 Å². The molecule has 0 bridgehead atoms. The lowest BCUT2D eigenvalue weighted by Crippen LogP contribution is -2.12. The predicted octanol–water partition coefficient (Wildman–Crippen LogP) is 17.9. The number of aryl methyl sites for hydroxylation is 2.